The largest absolute Gasteiger partial charge is 0.385 e. The van der Waals surface area contributed by atoms with Crippen molar-refractivity contribution in [2.45, 2.75) is 6.42 Å². The van der Waals surface area contributed by atoms with E-state index in [2.05, 4.69) is 21.2 Å². The second-order valence-corrected chi connectivity index (χ2v) is 7.91. The number of imide groups is 1. The minimum atomic E-state index is -0.593. The number of anilines is 2. The van der Waals surface area contributed by atoms with Gasteiger partial charge in [-0.1, -0.05) is 28.1 Å². The van der Waals surface area contributed by atoms with Crippen LogP contribution in [0.15, 0.2) is 53.0 Å². The lowest BCUT2D eigenvalue weighted by Crippen LogP contribution is -2.40. The highest BCUT2D eigenvalue weighted by Crippen LogP contribution is 2.41. The summed E-state index contributed by atoms with van der Waals surface area (Å²) in [6, 6.07) is 13.0. The number of nitrogens with one attached hydrogen (secondary N) is 1. The van der Waals surface area contributed by atoms with Crippen molar-refractivity contribution in [1.29, 1.82) is 0 Å². The van der Waals surface area contributed by atoms with E-state index in [4.69, 9.17) is 4.74 Å². The molecule has 0 bridgehead atoms. The third-order valence-corrected chi connectivity index (χ3v) is 5.64. The lowest BCUT2D eigenvalue weighted by atomic mass is 9.91. The van der Waals surface area contributed by atoms with Crippen LogP contribution in [-0.4, -0.2) is 37.0 Å². The molecule has 4 rings (SSSR count). The summed E-state index contributed by atoms with van der Waals surface area (Å²) >= 11 is 3.33. The zero-order valence-electron chi connectivity index (χ0n) is 16.6. The Kier molecular flexibility index (Phi) is 5.71. The molecule has 9 heteroatoms. The number of rotatable bonds is 7. The molecule has 0 atom stereocenters. The van der Waals surface area contributed by atoms with E-state index in [0.717, 1.165) is 9.37 Å². The van der Waals surface area contributed by atoms with Crippen LogP contribution in [0.5, 0.6) is 0 Å². The zero-order chi connectivity index (χ0) is 22.1. The van der Waals surface area contributed by atoms with Crippen LogP contribution >= 0.6 is 15.9 Å². The number of hydrogen-bond acceptors (Lipinski definition) is 6. The van der Waals surface area contributed by atoms with Crippen molar-refractivity contribution in [2.75, 3.05) is 30.5 Å². The van der Waals surface area contributed by atoms with Crippen LogP contribution < -0.4 is 10.2 Å². The Morgan fingerprint density at radius 2 is 1.81 bits per heavy atom. The van der Waals surface area contributed by atoms with Gasteiger partial charge in [0.2, 0.25) is 0 Å². The first-order valence-corrected chi connectivity index (χ1v) is 10.3. The topological polar surface area (TPSA) is 102 Å². The van der Waals surface area contributed by atoms with E-state index in [1.54, 1.807) is 49.6 Å². The fourth-order valence-corrected chi connectivity index (χ4v) is 4.00. The van der Waals surface area contributed by atoms with Crippen LogP contribution in [0.25, 0.3) is 10.8 Å². The lowest BCUT2D eigenvalue weighted by molar-refractivity contribution is -0.383. The molecular weight excluding hydrogens is 466 g/mol. The van der Waals surface area contributed by atoms with Crippen LogP contribution in [0.4, 0.5) is 17.1 Å². The van der Waals surface area contributed by atoms with Gasteiger partial charge >= 0.3 is 0 Å². The summed E-state index contributed by atoms with van der Waals surface area (Å²) in [4.78, 5) is 38.9. The number of nitro benzene ring substituents is 1. The first kappa shape index (κ1) is 21.0. The highest BCUT2D eigenvalue weighted by Gasteiger charge is 2.36. The van der Waals surface area contributed by atoms with Gasteiger partial charge in [-0.3, -0.25) is 19.7 Å². The molecule has 1 aliphatic rings. The van der Waals surface area contributed by atoms with Crippen LogP contribution in [0.3, 0.4) is 0 Å². The second kappa shape index (κ2) is 8.44. The van der Waals surface area contributed by atoms with Crippen molar-refractivity contribution >= 4 is 55.6 Å². The minimum Gasteiger partial charge on any atom is -0.385 e. The molecule has 8 nitrogen and oxygen atoms in total. The number of hydrogen-bond donors (Lipinski definition) is 1. The van der Waals surface area contributed by atoms with Crippen molar-refractivity contribution in [3.63, 3.8) is 0 Å². The molecule has 158 valence electrons. The Morgan fingerprint density at radius 3 is 2.48 bits per heavy atom. The summed E-state index contributed by atoms with van der Waals surface area (Å²) in [5.74, 6) is -1.06. The smallest absolute Gasteiger partial charge is 0.293 e. The van der Waals surface area contributed by atoms with Crippen LogP contribution in [0.1, 0.15) is 27.1 Å². The second-order valence-electron chi connectivity index (χ2n) is 7.00. The number of methoxy groups -OCH3 is 1. The molecule has 0 radical (unpaired) electrons. The van der Waals surface area contributed by atoms with E-state index in [1.165, 1.54) is 6.07 Å². The molecule has 0 spiro atoms. The van der Waals surface area contributed by atoms with Gasteiger partial charge in [-0.2, -0.15) is 0 Å². The highest BCUT2D eigenvalue weighted by atomic mass is 79.9. The molecule has 0 aromatic heterocycles. The van der Waals surface area contributed by atoms with Gasteiger partial charge < -0.3 is 10.1 Å². The monoisotopic (exact) mass is 483 g/mol. The molecule has 1 heterocycles. The highest BCUT2D eigenvalue weighted by molar-refractivity contribution is 9.10. The van der Waals surface area contributed by atoms with E-state index in [-0.39, 0.29) is 11.3 Å². The SMILES string of the molecule is COCCCNc1c([N+](=O)[O-])cc2c3c(cccc13)C(=O)N(c1ccc(Br)cc1)C2=O. The number of nitrogens with zero attached hydrogens (tertiary/aromatic N) is 2. The maximum atomic E-state index is 13.3. The Bertz CT molecular complexity index is 1210. The molecule has 0 saturated carbocycles. The Balaban J connectivity index is 1.89. The number of benzene rings is 3. The molecule has 3 aromatic carbocycles. The molecular formula is C22H18BrN3O5. The zero-order valence-corrected chi connectivity index (χ0v) is 18.1. The standard InChI is InChI=1S/C22H18BrN3O5/c1-31-11-3-10-24-20-15-4-2-5-16-19(15)17(12-18(20)26(29)30)22(28)25(21(16)27)14-8-6-13(23)7-9-14/h2,4-9,12,24H,3,10-11H2,1H3. The average Bonchev–Trinajstić information content (AvgIpc) is 2.76. The fourth-order valence-electron chi connectivity index (χ4n) is 3.73. The molecule has 3 aromatic rings. The van der Waals surface area contributed by atoms with E-state index in [0.29, 0.717) is 47.3 Å². The van der Waals surface area contributed by atoms with Gasteiger partial charge in [0.05, 0.1) is 16.2 Å². The Morgan fingerprint density at radius 1 is 1.10 bits per heavy atom. The minimum absolute atomic E-state index is 0.127. The average molecular weight is 484 g/mol. The number of carbonyl (C=O) groups excluding carboxylic acids is 2. The lowest BCUT2D eigenvalue weighted by Gasteiger charge is -2.28. The van der Waals surface area contributed by atoms with Gasteiger partial charge in [0.25, 0.3) is 17.5 Å². The first-order chi connectivity index (χ1) is 14.9. The summed E-state index contributed by atoms with van der Waals surface area (Å²) < 4.78 is 5.83. The summed E-state index contributed by atoms with van der Waals surface area (Å²) in [6.07, 6.45) is 0.645. The maximum absolute atomic E-state index is 13.3. The van der Waals surface area contributed by atoms with Crippen LogP contribution in [0, 0.1) is 10.1 Å². The molecule has 0 fully saturated rings. The van der Waals surface area contributed by atoms with Crippen molar-refractivity contribution in [3.05, 3.63) is 74.2 Å². The van der Waals surface area contributed by atoms with E-state index in [9.17, 15) is 19.7 Å². The number of amides is 2. The number of nitro groups is 1. The van der Waals surface area contributed by atoms with Crippen molar-refractivity contribution in [2.24, 2.45) is 0 Å². The van der Waals surface area contributed by atoms with Gasteiger partial charge in [0.1, 0.15) is 5.69 Å². The summed E-state index contributed by atoms with van der Waals surface area (Å²) in [5, 5.41) is 15.8. The van der Waals surface area contributed by atoms with Crippen LogP contribution in [-0.2, 0) is 4.74 Å². The maximum Gasteiger partial charge on any atom is 0.293 e. The predicted octanol–water partition coefficient (Wildman–Crippen LogP) is 4.76. The molecule has 0 saturated heterocycles. The van der Waals surface area contributed by atoms with Gasteiger partial charge in [-0.25, -0.2) is 4.90 Å². The normalized spacial score (nSPS) is 13.0. The summed E-state index contributed by atoms with van der Waals surface area (Å²) in [5.41, 5.74) is 0.923. The number of carbonyl (C=O) groups is 2. The van der Waals surface area contributed by atoms with Crippen LogP contribution in [0.2, 0.25) is 0 Å². The summed E-state index contributed by atoms with van der Waals surface area (Å²) in [6.45, 7) is 0.946. The van der Waals surface area contributed by atoms with Gasteiger partial charge in [-0.15, -0.1) is 0 Å². The van der Waals surface area contributed by atoms with Crippen molar-refractivity contribution in [1.82, 2.24) is 0 Å². The Labute approximate surface area is 186 Å². The van der Waals surface area contributed by atoms with Gasteiger partial charge in [-0.05, 0) is 36.8 Å². The third kappa shape index (κ3) is 3.66. The Hall–Kier alpha value is -3.30. The van der Waals surface area contributed by atoms with Gasteiger partial charge in [0.15, 0.2) is 0 Å². The van der Waals surface area contributed by atoms with E-state index in [1.807, 2.05) is 0 Å². The molecule has 2 amide bonds. The predicted molar refractivity (Wildman–Crippen MR) is 121 cm³/mol. The number of halogens is 1. The van der Waals surface area contributed by atoms with Gasteiger partial charge in [0, 0.05) is 47.1 Å². The van der Waals surface area contributed by atoms with Crippen molar-refractivity contribution in [3.8, 4) is 0 Å². The fraction of sp³-hybridized carbons (Fsp3) is 0.182. The molecule has 31 heavy (non-hydrogen) atoms. The van der Waals surface area contributed by atoms with E-state index < -0.39 is 16.7 Å². The molecule has 0 aliphatic carbocycles. The molecule has 1 aliphatic heterocycles. The van der Waals surface area contributed by atoms with Crippen molar-refractivity contribution < 1.29 is 19.2 Å². The first-order valence-electron chi connectivity index (χ1n) is 9.55. The third-order valence-electron chi connectivity index (χ3n) is 5.12. The molecule has 0 unspecified atom stereocenters. The molecule has 1 N–H and O–H groups in total. The summed E-state index contributed by atoms with van der Waals surface area (Å²) in [7, 11) is 1.58. The van der Waals surface area contributed by atoms with E-state index >= 15 is 0 Å². The number of ether oxygens (including phenoxy) is 1. The quantitative estimate of drug-likeness (QED) is 0.225.